The number of hydrogen-bond donors (Lipinski definition) is 2. The molecule has 0 atom stereocenters. The van der Waals surface area contributed by atoms with E-state index in [-0.39, 0.29) is 5.75 Å². The topological polar surface area (TPSA) is 77.4 Å². The van der Waals surface area contributed by atoms with Crippen LogP contribution in [0.15, 0.2) is 48.7 Å². The predicted octanol–water partition coefficient (Wildman–Crippen LogP) is 5.54. The van der Waals surface area contributed by atoms with Crippen molar-refractivity contribution in [2.24, 2.45) is 0 Å². The molecule has 3 aromatic rings. The number of pyridine rings is 1. The Kier molecular flexibility index (Phi) is 9.08. The lowest BCUT2D eigenvalue weighted by molar-refractivity contribution is 0.477. The van der Waals surface area contributed by atoms with E-state index < -0.39 is 0 Å². The monoisotopic (exact) mass is 462 g/mol. The molecular formula is C27H38N6O. The second-order valence-corrected chi connectivity index (χ2v) is 8.17. The normalized spacial score (nSPS) is 13.5. The van der Waals surface area contributed by atoms with E-state index in [4.69, 9.17) is 4.98 Å². The van der Waals surface area contributed by atoms with E-state index in [9.17, 15) is 5.11 Å². The van der Waals surface area contributed by atoms with Crippen LogP contribution in [-0.4, -0.2) is 53.5 Å². The number of benzene rings is 1. The van der Waals surface area contributed by atoms with Crippen molar-refractivity contribution in [3.05, 3.63) is 54.2 Å². The summed E-state index contributed by atoms with van der Waals surface area (Å²) in [6.07, 6.45) is 4.34. The number of aromatic hydroxyl groups is 1. The average molecular weight is 463 g/mol. The third-order valence-electron chi connectivity index (χ3n) is 6.36. The fourth-order valence-electron chi connectivity index (χ4n) is 4.39. The number of piperazine rings is 1. The maximum Gasteiger partial charge on any atom is 0.172 e. The highest BCUT2D eigenvalue weighted by atomic mass is 16.3. The number of hydrogen-bond acceptors (Lipinski definition) is 7. The molecule has 2 aromatic heterocycles. The number of phenols is 1. The molecule has 7 nitrogen and oxygen atoms in total. The molecule has 182 valence electrons. The quantitative estimate of drug-likeness (QED) is 0.477. The van der Waals surface area contributed by atoms with Crippen molar-refractivity contribution in [3.8, 4) is 17.0 Å². The minimum Gasteiger partial charge on any atom is -0.507 e. The molecule has 1 aliphatic heterocycles. The lowest BCUT2D eigenvalue weighted by atomic mass is 9.95. The molecule has 0 radical (unpaired) electrons. The predicted molar refractivity (Wildman–Crippen MR) is 142 cm³/mol. The van der Waals surface area contributed by atoms with Crippen LogP contribution in [0.4, 0.5) is 17.3 Å². The lowest BCUT2D eigenvalue weighted by Crippen LogP contribution is -2.47. The van der Waals surface area contributed by atoms with Crippen LogP contribution < -0.4 is 15.1 Å². The first-order valence-corrected chi connectivity index (χ1v) is 12.4. The fourth-order valence-corrected chi connectivity index (χ4v) is 4.39. The molecule has 4 rings (SSSR count). The summed E-state index contributed by atoms with van der Waals surface area (Å²) in [5.41, 5.74) is 3.68. The van der Waals surface area contributed by atoms with Crippen LogP contribution in [0.3, 0.4) is 0 Å². The first-order valence-electron chi connectivity index (χ1n) is 12.4. The highest BCUT2D eigenvalue weighted by molar-refractivity contribution is 5.75. The fraction of sp³-hybridized carbons (Fsp3) is 0.444. The molecule has 3 heterocycles. The summed E-state index contributed by atoms with van der Waals surface area (Å²) in [5, 5.41) is 22.1. The van der Waals surface area contributed by atoms with Crippen LogP contribution in [0.2, 0.25) is 0 Å². The molecule has 2 N–H and O–H groups in total. The number of anilines is 3. The van der Waals surface area contributed by atoms with Gasteiger partial charge in [-0.2, -0.15) is 0 Å². The molecule has 1 aromatic carbocycles. The van der Waals surface area contributed by atoms with Crippen LogP contribution in [0.5, 0.6) is 5.75 Å². The van der Waals surface area contributed by atoms with Gasteiger partial charge in [0.05, 0.1) is 11.4 Å². The lowest BCUT2D eigenvalue weighted by Gasteiger charge is -2.37. The van der Waals surface area contributed by atoms with Gasteiger partial charge >= 0.3 is 0 Å². The Morgan fingerprint density at radius 1 is 0.941 bits per heavy atom. The average Bonchev–Trinajstić information content (AvgIpc) is 2.91. The van der Waals surface area contributed by atoms with Crippen molar-refractivity contribution in [1.82, 2.24) is 15.2 Å². The summed E-state index contributed by atoms with van der Waals surface area (Å²) < 4.78 is 0. The van der Waals surface area contributed by atoms with Gasteiger partial charge in [0.1, 0.15) is 11.6 Å². The van der Waals surface area contributed by atoms with Crippen molar-refractivity contribution in [3.63, 3.8) is 0 Å². The van der Waals surface area contributed by atoms with E-state index in [2.05, 4.69) is 51.3 Å². The van der Waals surface area contributed by atoms with Crippen LogP contribution in [0.25, 0.3) is 11.3 Å². The minimum atomic E-state index is 0.206. The maximum absolute atomic E-state index is 10.2. The van der Waals surface area contributed by atoms with E-state index in [0.29, 0.717) is 17.2 Å². The Morgan fingerprint density at radius 2 is 1.62 bits per heavy atom. The summed E-state index contributed by atoms with van der Waals surface area (Å²) in [7, 11) is 1.86. The van der Waals surface area contributed by atoms with E-state index in [0.717, 1.165) is 56.3 Å². The molecule has 1 fully saturated rings. The van der Waals surface area contributed by atoms with Crippen molar-refractivity contribution in [2.45, 2.75) is 46.5 Å². The molecule has 0 saturated carbocycles. The van der Waals surface area contributed by atoms with E-state index in [1.165, 1.54) is 5.56 Å². The van der Waals surface area contributed by atoms with Gasteiger partial charge < -0.3 is 20.2 Å². The molecule has 0 unspecified atom stereocenters. The van der Waals surface area contributed by atoms with Gasteiger partial charge in [0.25, 0.3) is 0 Å². The zero-order valence-electron chi connectivity index (χ0n) is 21.1. The Balaban J connectivity index is 0.00000158. The van der Waals surface area contributed by atoms with Gasteiger partial charge in [-0.05, 0) is 48.6 Å². The van der Waals surface area contributed by atoms with E-state index in [1.54, 1.807) is 12.1 Å². The summed E-state index contributed by atoms with van der Waals surface area (Å²) in [4.78, 5) is 9.42. The highest BCUT2D eigenvalue weighted by Gasteiger charge is 2.22. The molecule has 1 saturated heterocycles. The van der Waals surface area contributed by atoms with Crippen LogP contribution in [0.1, 0.15) is 52.0 Å². The first kappa shape index (κ1) is 25.3. The maximum atomic E-state index is 10.2. The number of aromatic nitrogens is 3. The summed E-state index contributed by atoms with van der Waals surface area (Å²) in [5.74, 6) is 2.57. The first-order chi connectivity index (χ1) is 16.6. The van der Waals surface area contributed by atoms with Gasteiger partial charge in [-0.15, -0.1) is 10.2 Å². The van der Waals surface area contributed by atoms with Crippen molar-refractivity contribution >= 4 is 17.3 Å². The van der Waals surface area contributed by atoms with Gasteiger partial charge in [0.2, 0.25) is 0 Å². The molecular weight excluding hydrogens is 424 g/mol. The van der Waals surface area contributed by atoms with Crippen molar-refractivity contribution in [2.75, 3.05) is 48.3 Å². The second kappa shape index (κ2) is 12.2. The Morgan fingerprint density at radius 3 is 2.21 bits per heavy atom. The van der Waals surface area contributed by atoms with Gasteiger partial charge in [-0.25, -0.2) is 4.98 Å². The summed E-state index contributed by atoms with van der Waals surface area (Å²) >= 11 is 0. The standard InChI is InChI=1S/C25H32N6O.C2H6/c1-4-18(5-2)19-10-11-24(27-17-19)31-14-12-30(13-15-31)22-16-21(28-29-25(22)26-3)20-8-6-7-9-23(20)32;1-2/h6-11,16-18,32H,4-5,12-15H2,1-3H3,(H,26,29);1-2H3. The number of rotatable bonds is 7. The molecule has 7 heteroatoms. The van der Waals surface area contributed by atoms with Gasteiger partial charge in [0.15, 0.2) is 5.82 Å². The highest BCUT2D eigenvalue weighted by Crippen LogP contribution is 2.33. The number of nitrogens with zero attached hydrogens (tertiary/aromatic N) is 5. The Hall–Kier alpha value is -3.35. The van der Waals surface area contributed by atoms with Crippen molar-refractivity contribution in [1.29, 1.82) is 0 Å². The molecule has 0 bridgehead atoms. The zero-order chi connectivity index (χ0) is 24.5. The van der Waals surface area contributed by atoms with Gasteiger partial charge in [-0.3, -0.25) is 0 Å². The summed E-state index contributed by atoms with van der Waals surface area (Å²) in [6, 6.07) is 13.6. The Labute approximate surface area is 203 Å². The largest absolute Gasteiger partial charge is 0.507 e. The molecule has 0 amide bonds. The third-order valence-corrected chi connectivity index (χ3v) is 6.36. The van der Waals surface area contributed by atoms with Crippen LogP contribution >= 0.6 is 0 Å². The number of para-hydroxylation sites is 1. The molecule has 0 spiro atoms. The van der Waals surface area contributed by atoms with Gasteiger partial charge in [-0.1, -0.05) is 45.9 Å². The molecule has 0 aliphatic carbocycles. The van der Waals surface area contributed by atoms with Crippen LogP contribution in [-0.2, 0) is 0 Å². The zero-order valence-corrected chi connectivity index (χ0v) is 21.1. The van der Waals surface area contributed by atoms with E-state index in [1.807, 2.05) is 45.3 Å². The minimum absolute atomic E-state index is 0.206. The Bertz CT molecular complexity index is 1030. The number of phenolic OH excluding ortho intramolecular Hbond substituents is 1. The van der Waals surface area contributed by atoms with Crippen molar-refractivity contribution < 1.29 is 5.11 Å². The van der Waals surface area contributed by atoms with E-state index >= 15 is 0 Å². The third kappa shape index (κ3) is 5.58. The smallest absolute Gasteiger partial charge is 0.172 e. The SMILES string of the molecule is CC.CCC(CC)c1ccc(N2CCN(c3cc(-c4ccccc4O)nnc3NC)CC2)nc1. The summed E-state index contributed by atoms with van der Waals surface area (Å²) in [6.45, 7) is 12.0. The molecule has 34 heavy (non-hydrogen) atoms. The molecule has 1 aliphatic rings. The van der Waals surface area contributed by atoms with Crippen LogP contribution in [0, 0.1) is 0 Å². The number of nitrogens with one attached hydrogen (secondary N) is 1. The second-order valence-electron chi connectivity index (χ2n) is 8.17. The van der Waals surface area contributed by atoms with Gasteiger partial charge in [0, 0.05) is 45.0 Å².